The van der Waals surface area contributed by atoms with Gasteiger partial charge in [-0.3, -0.25) is 14.5 Å². The minimum Gasteiger partial charge on any atom is -0.448 e. The quantitative estimate of drug-likeness (QED) is 0.0170. The summed E-state index contributed by atoms with van der Waals surface area (Å²) in [6.07, 6.45) is 1.45. The van der Waals surface area contributed by atoms with E-state index < -0.39 is 51.0 Å². The van der Waals surface area contributed by atoms with E-state index in [9.17, 15) is 22.8 Å². The van der Waals surface area contributed by atoms with Gasteiger partial charge in [-0.25, -0.2) is 9.78 Å². The summed E-state index contributed by atoms with van der Waals surface area (Å²) in [4.78, 5) is 54.5. The fourth-order valence-electron chi connectivity index (χ4n) is 8.34. The molecule has 3 heterocycles. The van der Waals surface area contributed by atoms with Crippen LogP contribution in [0.1, 0.15) is 45.2 Å². The van der Waals surface area contributed by atoms with Gasteiger partial charge in [0.15, 0.2) is 16.9 Å². The normalized spacial score (nSPS) is 16.1. The van der Waals surface area contributed by atoms with Crippen LogP contribution in [0.5, 0.6) is 0 Å². The Labute approximate surface area is 413 Å². The average molecular weight is 988 g/mol. The van der Waals surface area contributed by atoms with Gasteiger partial charge < -0.3 is 24.4 Å². The molecule has 2 atom stereocenters. The number of nitrogens with one attached hydrogen (secondary N) is 2. The Balaban J connectivity index is 0.994. The third-order valence-corrected chi connectivity index (χ3v) is 15.0. The lowest BCUT2D eigenvalue weighted by atomic mass is 9.77. The van der Waals surface area contributed by atoms with E-state index >= 15 is 0 Å². The number of amides is 2. The highest BCUT2D eigenvalue weighted by molar-refractivity contribution is 8.00. The SMILES string of the molecule is CON=C(C(=O)NC1C(=O)N2C(C(=O)OC(c3ccccc3)c3ccccc3)=C(C=COS(=O)(=O)c3ccc(C)cc3)CSC12)c1csc(NC(c2ccccc2)(c2ccccc2)c2ccccc2)n1. The number of esters is 1. The lowest BCUT2D eigenvalue weighted by molar-refractivity contribution is -0.154. The van der Waals surface area contributed by atoms with Crippen LogP contribution in [0.3, 0.4) is 0 Å². The Morgan fingerprint density at radius 1 is 0.786 bits per heavy atom. The molecule has 2 amide bonds. The third kappa shape index (κ3) is 9.74. The lowest BCUT2D eigenvalue weighted by Crippen LogP contribution is -2.71. The number of thioether (sulfide) groups is 1. The molecule has 0 spiro atoms. The van der Waals surface area contributed by atoms with Gasteiger partial charge in [0.05, 0.1) is 0 Å². The number of rotatable bonds is 17. The fraction of sp³-hybridized carbons (Fsp3) is 0.130. The second-order valence-corrected chi connectivity index (χ2v) is 19.7. The van der Waals surface area contributed by atoms with Crippen molar-refractivity contribution in [1.29, 1.82) is 0 Å². The van der Waals surface area contributed by atoms with Crippen LogP contribution in [-0.2, 0) is 43.8 Å². The Morgan fingerprint density at radius 3 is 1.84 bits per heavy atom. The second kappa shape index (κ2) is 20.8. The number of allylic oxidation sites excluding steroid dienone is 1. The number of carbonyl (C=O) groups excluding carboxylic acids is 3. The molecule has 2 unspecified atom stereocenters. The van der Waals surface area contributed by atoms with Crippen LogP contribution in [0.15, 0.2) is 215 Å². The zero-order valence-electron chi connectivity index (χ0n) is 37.7. The number of anilines is 1. The summed E-state index contributed by atoms with van der Waals surface area (Å²) in [5.74, 6) is -2.07. The molecule has 1 aromatic heterocycles. The standard InChI is InChI=1S/C54H45N5O8S3/c1-36-28-30-43(31-29-36)70(63,64)66-33-32-39-34-68-51-46(50(61)59(51)47(39)52(62)67-48(37-18-8-3-9-19-37)38-20-10-4-11-21-38)56-49(60)45(58-65-2)44-35-69-53(55-44)57-54(40-22-12-5-13-23-40,41-24-14-6-15-25-41)42-26-16-7-17-27-42/h3-33,35,46,48,51H,34H2,1-2H3,(H,55,57)(H,56,60). The van der Waals surface area contributed by atoms with E-state index in [4.69, 9.17) is 18.7 Å². The van der Waals surface area contributed by atoms with Gasteiger partial charge in [-0.1, -0.05) is 175 Å². The van der Waals surface area contributed by atoms with E-state index in [1.807, 2.05) is 159 Å². The van der Waals surface area contributed by atoms with E-state index in [0.29, 0.717) is 16.3 Å². The van der Waals surface area contributed by atoms with Gasteiger partial charge in [-0.05, 0) is 58.5 Å². The van der Waals surface area contributed by atoms with Crippen LogP contribution < -0.4 is 10.6 Å². The van der Waals surface area contributed by atoms with Crippen molar-refractivity contribution in [2.45, 2.75) is 34.9 Å². The molecule has 2 aliphatic rings. The van der Waals surface area contributed by atoms with Crippen LogP contribution in [0.4, 0.5) is 5.13 Å². The molecule has 0 saturated carbocycles. The number of hydrogen-bond donors (Lipinski definition) is 2. The van der Waals surface area contributed by atoms with Gasteiger partial charge in [-0.15, -0.1) is 23.1 Å². The monoisotopic (exact) mass is 987 g/mol. The van der Waals surface area contributed by atoms with Crippen molar-refractivity contribution in [1.82, 2.24) is 15.2 Å². The van der Waals surface area contributed by atoms with Crippen molar-refractivity contribution < 1.29 is 36.6 Å². The summed E-state index contributed by atoms with van der Waals surface area (Å²) in [7, 11) is -2.91. The predicted octanol–water partition coefficient (Wildman–Crippen LogP) is 9.11. The van der Waals surface area contributed by atoms with E-state index in [1.165, 1.54) is 53.3 Å². The van der Waals surface area contributed by atoms with Gasteiger partial charge in [-0.2, -0.15) is 8.42 Å². The maximum absolute atomic E-state index is 14.6. The number of aryl methyl sites for hydroxylation is 1. The molecule has 0 bridgehead atoms. The number of thiazole rings is 1. The molecule has 0 radical (unpaired) electrons. The molecule has 9 rings (SSSR count). The summed E-state index contributed by atoms with van der Waals surface area (Å²) >= 11 is 2.53. The number of fused-ring (bicyclic) bond motifs is 1. The van der Waals surface area contributed by atoms with Crippen LogP contribution in [0.2, 0.25) is 0 Å². The summed E-state index contributed by atoms with van der Waals surface area (Å²) in [5.41, 5.74) is 4.37. The van der Waals surface area contributed by atoms with Crippen LogP contribution >= 0.6 is 23.1 Å². The molecule has 70 heavy (non-hydrogen) atoms. The van der Waals surface area contributed by atoms with Gasteiger partial charge in [0.25, 0.3) is 11.8 Å². The first-order chi connectivity index (χ1) is 34.1. The molecule has 1 fully saturated rings. The van der Waals surface area contributed by atoms with E-state index in [-0.39, 0.29) is 33.3 Å². The summed E-state index contributed by atoms with van der Waals surface area (Å²) in [5, 5.41) is 12.0. The highest BCUT2D eigenvalue weighted by atomic mass is 32.2. The molecule has 7 aromatic rings. The molecule has 16 heteroatoms. The first-order valence-corrected chi connectivity index (χ1v) is 25.4. The van der Waals surface area contributed by atoms with Gasteiger partial charge in [0.1, 0.15) is 46.6 Å². The van der Waals surface area contributed by atoms with Gasteiger partial charge in [0, 0.05) is 11.1 Å². The largest absolute Gasteiger partial charge is 0.448 e. The first-order valence-electron chi connectivity index (χ1n) is 22.1. The highest BCUT2D eigenvalue weighted by Gasteiger charge is 2.55. The fourth-order valence-corrected chi connectivity index (χ4v) is 11.2. The smallest absolute Gasteiger partial charge is 0.356 e. The summed E-state index contributed by atoms with van der Waals surface area (Å²) < 4.78 is 37.8. The molecule has 352 valence electrons. The Morgan fingerprint density at radius 2 is 1.31 bits per heavy atom. The summed E-state index contributed by atoms with van der Waals surface area (Å²) in [6.45, 7) is 1.83. The molecule has 13 nitrogen and oxygen atoms in total. The number of aromatic nitrogens is 1. The number of ether oxygens (including phenoxy) is 1. The average Bonchev–Trinajstić information content (AvgIpc) is 3.87. The van der Waals surface area contributed by atoms with Crippen molar-refractivity contribution >= 4 is 61.8 Å². The Bertz CT molecular complexity index is 3050. The first kappa shape index (κ1) is 47.3. The van der Waals surface area contributed by atoms with Crippen molar-refractivity contribution in [3.8, 4) is 0 Å². The third-order valence-electron chi connectivity index (χ3n) is 11.7. The number of hydrogen-bond acceptors (Lipinski definition) is 13. The maximum Gasteiger partial charge on any atom is 0.356 e. The van der Waals surface area contributed by atoms with Crippen molar-refractivity contribution in [2.75, 3.05) is 18.2 Å². The molecular formula is C54H45N5O8S3. The molecule has 0 aliphatic carbocycles. The van der Waals surface area contributed by atoms with Crippen molar-refractivity contribution in [3.05, 3.63) is 244 Å². The van der Waals surface area contributed by atoms with Crippen LogP contribution in [0, 0.1) is 6.92 Å². The number of benzene rings is 6. The number of β-lactam (4-membered cyclic amide) rings is 1. The Hall–Kier alpha value is -7.79. The van der Waals surface area contributed by atoms with Crippen LogP contribution in [-0.4, -0.2) is 66.1 Å². The molecular weight excluding hydrogens is 943 g/mol. The number of nitrogens with zero attached hydrogens (tertiary/aromatic N) is 3. The van der Waals surface area contributed by atoms with E-state index in [1.54, 1.807) is 17.5 Å². The molecule has 1 saturated heterocycles. The number of oxime groups is 1. The molecule has 2 N–H and O–H groups in total. The van der Waals surface area contributed by atoms with Gasteiger partial charge in [0.2, 0.25) is 0 Å². The maximum atomic E-state index is 14.6. The van der Waals surface area contributed by atoms with E-state index in [0.717, 1.165) is 28.5 Å². The topological polar surface area (TPSA) is 166 Å². The molecule has 2 aliphatic heterocycles. The minimum atomic E-state index is -4.22. The highest BCUT2D eigenvalue weighted by Crippen LogP contribution is 2.43. The predicted molar refractivity (Wildman–Crippen MR) is 270 cm³/mol. The van der Waals surface area contributed by atoms with Gasteiger partial charge >= 0.3 is 16.1 Å². The lowest BCUT2D eigenvalue weighted by Gasteiger charge is -2.49. The second-order valence-electron chi connectivity index (χ2n) is 16.1. The van der Waals surface area contributed by atoms with Crippen molar-refractivity contribution in [3.63, 3.8) is 0 Å². The molecule has 6 aromatic carbocycles. The zero-order valence-corrected chi connectivity index (χ0v) is 40.2. The van der Waals surface area contributed by atoms with Crippen LogP contribution in [0.25, 0.3) is 0 Å². The zero-order chi connectivity index (χ0) is 48.7. The van der Waals surface area contributed by atoms with Crippen molar-refractivity contribution in [2.24, 2.45) is 5.16 Å². The summed E-state index contributed by atoms with van der Waals surface area (Å²) in [6, 6.07) is 53.4. The minimum absolute atomic E-state index is 0.0549. The number of carbonyl (C=O) groups is 3. The Kier molecular flexibility index (Phi) is 14.1. The van der Waals surface area contributed by atoms with E-state index in [2.05, 4.69) is 15.8 Å².